The van der Waals surface area contributed by atoms with E-state index in [4.69, 9.17) is 4.74 Å². The van der Waals surface area contributed by atoms with Gasteiger partial charge in [0.15, 0.2) is 0 Å². The van der Waals surface area contributed by atoms with Crippen LogP contribution >= 0.6 is 0 Å². The lowest BCUT2D eigenvalue weighted by Gasteiger charge is -2.52. The normalized spacial score (nSPS) is 28.0. The zero-order chi connectivity index (χ0) is 17.6. The number of fused-ring (bicyclic) bond motifs is 2. The van der Waals surface area contributed by atoms with E-state index in [2.05, 4.69) is 24.1 Å². The predicted molar refractivity (Wildman–Crippen MR) is 95.7 cm³/mol. The summed E-state index contributed by atoms with van der Waals surface area (Å²) >= 11 is 0. The summed E-state index contributed by atoms with van der Waals surface area (Å²) < 4.78 is 30.2. The molecule has 1 aromatic rings. The van der Waals surface area contributed by atoms with Gasteiger partial charge < -0.3 is 15.0 Å². The second-order valence-electron chi connectivity index (χ2n) is 8.39. The quantitative estimate of drug-likeness (QED) is 0.881. The van der Waals surface area contributed by atoms with Gasteiger partial charge in [-0.2, -0.15) is 8.78 Å². The summed E-state index contributed by atoms with van der Waals surface area (Å²) in [5.74, 6) is 0.376. The van der Waals surface area contributed by atoms with Crippen molar-refractivity contribution in [2.24, 2.45) is 0 Å². The summed E-state index contributed by atoms with van der Waals surface area (Å²) in [5.41, 5.74) is 3.55. The van der Waals surface area contributed by atoms with Crippen molar-refractivity contribution in [3.63, 3.8) is 0 Å². The van der Waals surface area contributed by atoms with Gasteiger partial charge in [0.2, 0.25) is 0 Å². The van der Waals surface area contributed by atoms with E-state index in [1.165, 1.54) is 36.9 Å². The Morgan fingerprint density at radius 3 is 2.68 bits per heavy atom. The van der Waals surface area contributed by atoms with Crippen LogP contribution in [0.4, 0.5) is 14.5 Å². The first-order valence-corrected chi connectivity index (χ1v) is 9.58. The molecule has 0 spiro atoms. The average Bonchev–Trinajstić information content (AvgIpc) is 3.03. The molecule has 2 fully saturated rings. The van der Waals surface area contributed by atoms with Gasteiger partial charge in [0.25, 0.3) is 0 Å². The lowest BCUT2D eigenvalue weighted by atomic mass is 9.82. The minimum absolute atomic E-state index is 0.0577. The Labute approximate surface area is 148 Å². The van der Waals surface area contributed by atoms with Crippen molar-refractivity contribution < 1.29 is 13.5 Å². The molecule has 0 bridgehead atoms. The fourth-order valence-corrected chi connectivity index (χ4v) is 5.14. The van der Waals surface area contributed by atoms with E-state index in [1.807, 2.05) is 6.07 Å². The van der Waals surface area contributed by atoms with Crippen LogP contribution in [0.25, 0.3) is 0 Å². The number of hydrogen-bond acceptors (Lipinski definition) is 3. The molecule has 4 rings (SSSR count). The third kappa shape index (κ3) is 3.23. The van der Waals surface area contributed by atoms with Crippen molar-refractivity contribution in [3.8, 4) is 5.75 Å². The minimum Gasteiger partial charge on any atom is -0.435 e. The van der Waals surface area contributed by atoms with Crippen LogP contribution in [0.5, 0.6) is 5.75 Å². The average molecular weight is 350 g/mol. The first kappa shape index (κ1) is 17.1. The van der Waals surface area contributed by atoms with Crippen LogP contribution in [-0.2, 0) is 12.8 Å². The third-order valence-corrected chi connectivity index (χ3v) is 6.01. The van der Waals surface area contributed by atoms with E-state index >= 15 is 0 Å². The third-order valence-electron chi connectivity index (χ3n) is 6.01. The van der Waals surface area contributed by atoms with E-state index in [9.17, 15) is 8.78 Å². The first-order chi connectivity index (χ1) is 11.9. The number of anilines is 1. The molecule has 1 heterocycles. The Kier molecular flexibility index (Phi) is 4.38. The topological polar surface area (TPSA) is 24.5 Å². The summed E-state index contributed by atoms with van der Waals surface area (Å²) in [6, 6.07) is 4.81. The Balaban J connectivity index is 1.71. The molecule has 1 saturated heterocycles. The SMILES string of the molecule is CC1(C)CN(c2ccc(OC(F)F)c3c2CCC3)[C@H]2CCCC[C@@H]2N1. The van der Waals surface area contributed by atoms with Crippen LogP contribution in [0, 0.1) is 0 Å². The number of ether oxygens (including phenoxy) is 1. The number of nitrogens with one attached hydrogen (secondary N) is 1. The minimum atomic E-state index is -2.75. The highest BCUT2D eigenvalue weighted by molar-refractivity contribution is 5.64. The lowest BCUT2D eigenvalue weighted by molar-refractivity contribution is -0.0503. The van der Waals surface area contributed by atoms with Crippen LogP contribution < -0.4 is 15.0 Å². The number of piperazine rings is 1. The van der Waals surface area contributed by atoms with Crippen LogP contribution in [0.15, 0.2) is 12.1 Å². The molecule has 1 aliphatic heterocycles. The van der Waals surface area contributed by atoms with E-state index < -0.39 is 6.61 Å². The second-order valence-corrected chi connectivity index (χ2v) is 8.39. The van der Waals surface area contributed by atoms with E-state index in [-0.39, 0.29) is 5.54 Å². The number of nitrogens with zero attached hydrogens (tertiary/aromatic N) is 1. The van der Waals surface area contributed by atoms with Gasteiger partial charge in [0, 0.05) is 29.9 Å². The van der Waals surface area contributed by atoms with Crippen LogP contribution in [0.3, 0.4) is 0 Å². The fourth-order valence-electron chi connectivity index (χ4n) is 5.14. The van der Waals surface area contributed by atoms with Crippen molar-refractivity contribution in [1.29, 1.82) is 0 Å². The van der Waals surface area contributed by atoms with Gasteiger partial charge in [-0.25, -0.2) is 0 Å². The molecule has 2 aliphatic carbocycles. The number of halogens is 2. The highest BCUT2D eigenvalue weighted by Gasteiger charge is 2.41. The van der Waals surface area contributed by atoms with Crippen LogP contribution in [0.1, 0.15) is 57.1 Å². The van der Waals surface area contributed by atoms with Gasteiger partial charge in [0.1, 0.15) is 5.75 Å². The molecule has 138 valence electrons. The maximum absolute atomic E-state index is 12.7. The van der Waals surface area contributed by atoms with Gasteiger partial charge in [-0.1, -0.05) is 12.8 Å². The van der Waals surface area contributed by atoms with Gasteiger partial charge in [-0.05, 0) is 69.2 Å². The highest BCUT2D eigenvalue weighted by Crippen LogP contribution is 2.42. The molecule has 3 aliphatic rings. The van der Waals surface area contributed by atoms with Gasteiger partial charge in [0.05, 0.1) is 0 Å². The molecule has 0 amide bonds. The molecule has 2 atom stereocenters. The number of alkyl halides is 2. The van der Waals surface area contributed by atoms with Gasteiger partial charge in [-0.3, -0.25) is 0 Å². The fraction of sp³-hybridized carbons (Fsp3) is 0.700. The van der Waals surface area contributed by atoms with E-state index in [0.717, 1.165) is 31.4 Å². The summed E-state index contributed by atoms with van der Waals surface area (Å²) in [6.45, 7) is 2.73. The van der Waals surface area contributed by atoms with E-state index in [0.29, 0.717) is 17.8 Å². The lowest BCUT2D eigenvalue weighted by Crippen LogP contribution is -2.67. The van der Waals surface area contributed by atoms with Crippen molar-refractivity contribution in [2.75, 3.05) is 11.4 Å². The van der Waals surface area contributed by atoms with Crippen LogP contribution in [-0.4, -0.2) is 30.8 Å². The summed E-state index contributed by atoms with van der Waals surface area (Å²) in [6.07, 6.45) is 7.82. The molecule has 3 nitrogen and oxygen atoms in total. The Morgan fingerprint density at radius 2 is 1.88 bits per heavy atom. The smallest absolute Gasteiger partial charge is 0.387 e. The summed E-state index contributed by atoms with van der Waals surface area (Å²) in [4.78, 5) is 2.57. The van der Waals surface area contributed by atoms with Crippen molar-refractivity contribution in [3.05, 3.63) is 23.3 Å². The zero-order valence-electron chi connectivity index (χ0n) is 15.2. The standard InChI is InChI=1S/C20H28F2N2O/c1-20(2)12-24(17-9-4-3-8-15(17)23-20)16-10-11-18(25-19(21)22)14-7-5-6-13(14)16/h10-11,15,17,19,23H,3-9,12H2,1-2H3/t15-,17-/m0/s1. The largest absolute Gasteiger partial charge is 0.435 e. The van der Waals surface area contributed by atoms with Crippen LogP contribution in [0.2, 0.25) is 0 Å². The van der Waals surface area contributed by atoms with Crippen molar-refractivity contribution >= 4 is 5.69 Å². The van der Waals surface area contributed by atoms with Gasteiger partial charge in [-0.15, -0.1) is 0 Å². The highest BCUT2D eigenvalue weighted by atomic mass is 19.3. The predicted octanol–water partition coefficient (Wildman–Crippen LogP) is 4.28. The number of benzene rings is 1. The molecule has 25 heavy (non-hydrogen) atoms. The molecule has 5 heteroatoms. The Morgan fingerprint density at radius 1 is 1.12 bits per heavy atom. The Bertz CT molecular complexity index is 647. The monoisotopic (exact) mass is 350 g/mol. The van der Waals surface area contributed by atoms with Crippen molar-refractivity contribution in [2.45, 2.75) is 83.0 Å². The number of rotatable bonds is 3. The van der Waals surface area contributed by atoms with Crippen molar-refractivity contribution in [1.82, 2.24) is 5.32 Å². The molecule has 1 N–H and O–H groups in total. The maximum Gasteiger partial charge on any atom is 0.387 e. The number of hydrogen-bond donors (Lipinski definition) is 1. The maximum atomic E-state index is 12.7. The first-order valence-electron chi connectivity index (χ1n) is 9.58. The second kappa shape index (κ2) is 6.42. The molecule has 1 saturated carbocycles. The van der Waals surface area contributed by atoms with Gasteiger partial charge >= 0.3 is 6.61 Å². The molecule has 0 unspecified atom stereocenters. The molecule has 0 radical (unpaired) electrons. The summed E-state index contributed by atoms with van der Waals surface area (Å²) in [7, 11) is 0. The molecule has 0 aromatic heterocycles. The molecular weight excluding hydrogens is 322 g/mol. The summed E-state index contributed by atoms with van der Waals surface area (Å²) in [5, 5.41) is 3.83. The molecule has 1 aromatic carbocycles. The molecular formula is C20H28F2N2O. The Hall–Kier alpha value is -1.36. The zero-order valence-corrected chi connectivity index (χ0v) is 15.2. The van der Waals surface area contributed by atoms with E-state index in [1.54, 1.807) is 6.07 Å².